The molecule has 2 amide bonds. The Kier molecular flexibility index (Phi) is 6.89. The molecule has 28 heavy (non-hydrogen) atoms. The number of nitrogens with one attached hydrogen (secondary N) is 2. The fourth-order valence-corrected chi connectivity index (χ4v) is 3.30. The van der Waals surface area contributed by atoms with Crippen LogP contribution in [0.2, 0.25) is 0 Å². The monoisotopic (exact) mass is 382 g/mol. The van der Waals surface area contributed by atoms with E-state index in [1.807, 2.05) is 19.1 Å². The van der Waals surface area contributed by atoms with Gasteiger partial charge in [0.2, 0.25) is 0 Å². The lowest BCUT2D eigenvalue weighted by molar-refractivity contribution is -0.118. The summed E-state index contributed by atoms with van der Waals surface area (Å²) in [4.78, 5) is 25.0. The van der Waals surface area contributed by atoms with Gasteiger partial charge in [-0.3, -0.25) is 9.59 Å². The molecule has 0 atom stereocenters. The molecule has 0 aromatic heterocycles. The Labute approximate surface area is 165 Å². The molecular weight excluding hydrogens is 356 g/mol. The number of para-hydroxylation sites is 3. The molecule has 6 heteroatoms. The molecular formula is C22H26N2O4. The van der Waals surface area contributed by atoms with Gasteiger partial charge in [0.1, 0.15) is 0 Å². The Morgan fingerprint density at radius 3 is 2.32 bits per heavy atom. The van der Waals surface area contributed by atoms with Crippen LogP contribution < -0.4 is 20.1 Å². The molecule has 1 aliphatic rings. The minimum absolute atomic E-state index is 0.162. The molecule has 2 aromatic rings. The first kappa shape index (κ1) is 19.7. The number of hydrogen-bond acceptors (Lipinski definition) is 4. The smallest absolute Gasteiger partial charge is 0.262 e. The molecule has 2 N–H and O–H groups in total. The van der Waals surface area contributed by atoms with Crippen molar-refractivity contribution in [3.8, 4) is 11.5 Å². The molecule has 0 aliphatic heterocycles. The standard InChI is InChI=1S/C22H26N2O4/c1-2-27-19-13-7-8-14-20(19)28-15-21(25)24-18-12-6-5-11-17(18)22(26)23-16-9-3-4-10-16/h5-8,11-14,16H,2-4,9-10,15H2,1H3,(H,23,26)(H,24,25). The average molecular weight is 382 g/mol. The summed E-state index contributed by atoms with van der Waals surface area (Å²) < 4.78 is 11.1. The highest BCUT2D eigenvalue weighted by Gasteiger charge is 2.20. The third-order valence-electron chi connectivity index (χ3n) is 4.64. The maximum atomic E-state index is 12.6. The van der Waals surface area contributed by atoms with E-state index in [-0.39, 0.29) is 24.5 Å². The van der Waals surface area contributed by atoms with Crippen molar-refractivity contribution >= 4 is 17.5 Å². The van der Waals surface area contributed by atoms with Crippen LogP contribution in [0.4, 0.5) is 5.69 Å². The first-order chi connectivity index (χ1) is 13.7. The van der Waals surface area contributed by atoms with Gasteiger partial charge in [0, 0.05) is 6.04 Å². The van der Waals surface area contributed by atoms with E-state index in [4.69, 9.17) is 9.47 Å². The van der Waals surface area contributed by atoms with E-state index >= 15 is 0 Å². The minimum Gasteiger partial charge on any atom is -0.490 e. The van der Waals surface area contributed by atoms with Crippen LogP contribution in [0.15, 0.2) is 48.5 Å². The number of benzene rings is 2. The summed E-state index contributed by atoms with van der Waals surface area (Å²) in [5.74, 6) is 0.596. The molecule has 0 spiro atoms. The van der Waals surface area contributed by atoms with Crippen LogP contribution in [0, 0.1) is 0 Å². The number of rotatable bonds is 8. The van der Waals surface area contributed by atoms with Gasteiger partial charge in [0.25, 0.3) is 11.8 Å². The number of amides is 2. The van der Waals surface area contributed by atoms with Crippen molar-refractivity contribution in [3.63, 3.8) is 0 Å². The predicted octanol–water partition coefficient (Wildman–Crippen LogP) is 3.78. The van der Waals surface area contributed by atoms with Crippen molar-refractivity contribution in [1.82, 2.24) is 5.32 Å². The number of hydrogen-bond donors (Lipinski definition) is 2. The molecule has 0 unspecified atom stereocenters. The molecule has 6 nitrogen and oxygen atoms in total. The summed E-state index contributed by atoms with van der Waals surface area (Å²) in [6, 6.07) is 14.4. The first-order valence-electron chi connectivity index (χ1n) is 9.71. The Bertz CT molecular complexity index is 816. The summed E-state index contributed by atoms with van der Waals surface area (Å²) in [6.07, 6.45) is 4.30. The SMILES string of the molecule is CCOc1ccccc1OCC(=O)Nc1ccccc1C(=O)NC1CCCC1. The summed E-state index contributed by atoms with van der Waals surface area (Å²) in [7, 11) is 0. The highest BCUT2D eigenvalue weighted by atomic mass is 16.5. The van der Waals surface area contributed by atoms with Crippen molar-refractivity contribution < 1.29 is 19.1 Å². The van der Waals surface area contributed by atoms with E-state index in [0.29, 0.717) is 29.4 Å². The molecule has 0 saturated heterocycles. The van der Waals surface area contributed by atoms with Crippen molar-refractivity contribution in [2.75, 3.05) is 18.5 Å². The fraction of sp³-hybridized carbons (Fsp3) is 0.364. The highest BCUT2D eigenvalue weighted by Crippen LogP contribution is 2.26. The minimum atomic E-state index is -0.340. The molecule has 1 fully saturated rings. The van der Waals surface area contributed by atoms with E-state index in [9.17, 15) is 9.59 Å². The predicted molar refractivity (Wildman–Crippen MR) is 108 cm³/mol. The van der Waals surface area contributed by atoms with Crippen molar-refractivity contribution in [2.45, 2.75) is 38.6 Å². The van der Waals surface area contributed by atoms with E-state index in [2.05, 4.69) is 10.6 Å². The maximum absolute atomic E-state index is 12.6. The first-order valence-corrected chi connectivity index (χ1v) is 9.71. The lowest BCUT2D eigenvalue weighted by Crippen LogP contribution is -2.33. The van der Waals surface area contributed by atoms with Gasteiger partial charge in [-0.05, 0) is 44.0 Å². The van der Waals surface area contributed by atoms with E-state index in [1.54, 1.807) is 36.4 Å². The molecule has 0 bridgehead atoms. The average Bonchev–Trinajstić information content (AvgIpc) is 3.21. The summed E-state index contributed by atoms with van der Waals surface area (Å²) in [5.41, 5.74) is 0.933. The second-order valence-electron chi connectivity index (χ2n) is 6.72. The zero-order chi connectivity index (χ0) is 19.8. The second-order valence-corrected chi connectivity index (χ2v) is 6.72. The Morgan fingerprint density at radius 2 is 1.61 bits per heavy atom. The van der Waals surface area contributed by atoms with Gasteiger partial charge in [-0.2, -0.15) is 0 Å². The number of carbonyl (C=O) groups excluding carboxylic acids is 2. The van der Waals surface area contributed by atoms with Crippen molar-refractivity contribution in [2.24, 2.45) is 0 Å². The largest absolute Gasteiger partial charge is 0.490 e. The molecule has 3 rings (SSSR count). The van der Waals surface area contributed by atoms with Gasteiger partial charge in [-0.25, -0.2) is 0 Å². The van der Waals surface area contributed by atoms with Crippen molar-refractivity contribution in [1.29, 1.82) is 0 Å². The third kappa shape index (κ3) is 5.25. The van der Waals surface area contributed by atoms with Crippen LogP contribution >= 0.6 is 0 Å². The normalized spacial score (nSPS) is 13.8. The van der Waals surface area contributed by atoms with E-state index in [0.717, 1.165) is 25.7 Å². The lowest BCUT2D eigenvalue weighted by atomic mass is 10.1. The lowest BCUT2D eigenvalue weighted by Gasteiger charge is -2.15. The van der Waals surface area contributed by atoms with Crippen LogP contribution in [0.3, 0.4) is 0 Å². The quantitative estimate of drug-likeness (QED) is 0.729. The Balaban J connectivity index is 1.60. The van der Waals surface area contributed by atoms with Crippen molar-refractivity contribution in [3.05, 3.63) is 54.1 Å². The molecule has 2 aromatic carbocycles. The van der Waals surface area contributed by atoms with E-state index in [1.165, 1.54) is 0 Å². The molecule has 1 aliphatic carbocycles. The van der Waals surface area contributed by atoms with Gasteiger partial charge in [-0.15, -0.1) is 0 Å². The van der Waals surface area contributed by atoms with Gasteiger partial charge in [-0.1, -0.05) is 37.1 Å². The molecule has 1 saturated carbocycles. The number of anilines is 1. The van der Waals surface area contributed by atoms with Gasteiger partial charge < -0.3 is 20.1 Å². The Morgan fingerprint density at radius 1 is 0.964 bits per heavy atom. The molecule has 148 valence electrons. The number of carbonyl (C=O) groups is 2. The zero-order valence-corrected chi connectivity index (χ0v) is 16.1. The molecule has 0 radical (unpaired) electrons. The Hall–Kier alpha value is -3.02. The topological polar surface area (TPSA) is 76.7 Å². The fourth-order valence-electron chi connectivity index (χ4n) is 3.30. The zero-order valence-electron chi connectivity index (χ0n) is 16.1. The van der Waals surface area contributed by atoms with Crippen LogP contribution in [0.5, 0.6) is 11.5 Å². The van der Waals surface area contributed by atoms with Crippen LogP contribution in [-0.4, -0.2) is 31.1 Å². The van der Waals surface area contributed by atoms with Gasteiger partial charge >= 0.3 is 0 Å². The van der Waals surface area contributed by atoms with Gasteiger partial charge in [0.15, 0.2) is 18.1 Å². The van der Waals surface area contributed by atoms with E-state index < -0.39 is 0 Å². The van der Waals surface area contributed by atoms with Gasteiger partial charge in [0.05, 0.1) is 17.9 Å². The summed E-state index contributed by atoms with van der Waals surface area (Å²) in [6.45, 7) is 2.22. The second kappa shape index (κ2) is 9.78. The van der Waals surface area contributed by atoms with Crippen LogP contribution in [-0.2, 0) is 4.79 Å². The summed E-state index contributed by atoms with van der Waals surface area (Å²) in [5, 5.41) is 5.82. The maximum Gasteiger partial charge on any atom is 0.262 e. The van der Waals surface area contributed by atoms with Crippen LogP contribution in [0.1, 0.15) is 43.0 Å². The van der Waals surface area contributed by atoms with Crippen LogP contribution in [0.25, 0.3) is 0 Å². The molecule has 0 heterocycles. The third-order valence-corrected chi connectivity index (χ3v) is 4.64. The highest BCUT2D eigenvalue weighted by molar-refractivity contribution is 6.04. The summed E-state index contributed by atoms with van der Waals surface area (Å²) >= 11 is 0. The number of ether oxygens (including phenoxy) is 2.